The highest BCUT2D eigenvalue weighted by Gasteiger charge is 2.16. The van der Waals surface area contributed by atoms with Crippen molar-refractivity contribution in [1.29, 1.82) is 0 Å². The summed E-state index contributed by atoms with van der Waals surface area (Å²) in [5.74, 6) is 0. The molecule has 0 saturated carbocycles. The molecule has 1 aromatic carbocycles. The van der Waals surface area contributed by atoms with Gasteiger partial charge in [0, 0.05) is 8.95 Å². The molecule has 72 valence electrons. The van der Waals surface area contributed by atoms with E-state index < -0.39 is 10.1 Å². The first-order valence-corrected chi connectivity index (χ1v) is 6.28. The molecular weight excluding hydrogens is 324 g/mol. The molecule has 0 aromatic heterocycles. The fourth-order valence-corrected chi connectivity index (χ4v) is 3.01. The van der Waals surface area contributed by atoms with Crippen LogP contribution in [0.3, 0.4) is 0 Å². The van der Waals surface area contributed by atoms with Gasteiger partial charge >= 0.3 is 0 Å². The highest BCUT2D eigenvalue weighted by atomic mass is 79.9. The highest BCUT2D eigenvalue weighted by molar-refractivity contribution is 9.11. The summed E-state index contributed by atoms with van der Waals surface area (Å²) in [5.41, 5.74) is 0.732. The predicted octanol–water partition coefficient (Wildman–Crippen LogP) is 2.77. The number of halogens is 2. The van der Waals surface area contributed by atoms with E-state index in [4.69, 9.17) is 4.55 Å². The fraction of sp³-hybridized carbons (Fsp3) is 0.143. The Labute approximate surface area is 93.2 Å². The smallest absolute Gasteiger partial charge is 0.282 e. The molecule has 0 aliphatic rings. The van der Waals surface area contributed by atoms with Gasteiger partial charge in [0.15, 0.2) is 0 Å². The van der Waals surface area contributed by atoms with Gasteiger partial charge in [-0.3, -0.25) is 4.55 Å². The van der Waals surface area contributed by atoms with Gasteiger partial charge in [0.25, 0.3) is 10.1 Å². The van der Waals surface area contributed by atoms with Crippen molar-refractivity contribution >= 4 is 42.0 Å². The third-order valence-electron chi connectivity index (χ3n) is 1.56. The number of hydrogen-bond acceptors (Lipinski definition) is 2. The van der Waals surface area contributed by atoms with E-state index in [9.17, 15) is 8.42 Å². The Balaban J connectivity index is 3.53. The molecule has 3 nitrogen and oxygen atoms in total. The van der Waals surface area contributed by atoms with Gasteiger partial charge < -0.3 is 0 Å². The summed E-state index contributed by atoms with van der Waals surface area (Å²) in [6.07, 6.45) is 0. The highest BCUT2D eigenvalue weighted by Crippen LogP contribution is 2.30. The first-order valence-electron chi connectivity index (χ1n) is 3.26. The Hall–Kier alpha value is 0.0900. The van der Waals surface area contributed by atoms with Gasteiger partial charge in [-0.2, -0.15) is 8.42 Å². The zero-order valence-electron chi connectivity index (χ0n) is 6.58. The first-order chi connectivity index (χ1) is 5.84. The van der Waals surface area contributed by atoms with Gasteiger partial charge in [-0.1, -0.05) is 15.9 Å². The third-order valence-corrected chi connectivity index (χ3v) is 4.60. The van der Waals surface area contributed by atoms with Crippen molar-refractivity contribution in [3.63, 3.8) is 0 Å². The van der Waals surface area contributed by atoms with Crippen molar-refractivity contribution in [3.8, 4) is 0 Å². The molecule has 0 saturated heterocycles. The molecule has 6 heteroatoms. The minimum Gasteiger partial charge on any atom is -0.282 e. The van der Waals surface area contributed by atoms with Crippen LogP contribution in [0.25, 0.3) is 0 Å². The predicted molar refractivity (Wildman–Crippen MR) is 56.4 cm³/mol. The minimum absolute atomic E-state index is 0.117. The largest absolute Gasteiger partial charge is 0.295 e. The molecule has 0 spiro atoms. The van der Waals surface area contributed by atoms with Crippen molar-refractivity contribution < 1.29 is 13.0 Å². The quantitative estimate of drug-likeness (QED) is 0.806. The third kappa shape index (κ3) is 2.31. The summed E-state index contributed by atoms with van der Waals surface area (Å²) in [7, 11) is -4.14. The van der Waals surface area contributed by atoms with Gasteiger partial charge in [0.05, 0.1) is 0 Å². The van der Waals surface area contributed by atoms with Gasteiger partial charge in [-0.05, 0) is 40.5 Å². The zero-order valence-corrected chi connectivity index (χ0v) is 10.6. The summed E-state index contributed by atoms with van der Waals surface area (Å²) in [5, 5.41) is 0. The number of benzene rings is 1. The number of hydrogen-bond donors (Lipinski definition) is 1. The Morgan fingerprint density at radius 1 is 1.31 bits per heavy atom. The molecule has 0 atom stereocenters. The first kappa shape index (κ1) is 11.2. The second-order valence-corrected chi connectivity index (χ2v) is 5.50. The van der Waals surface area contributed by atoms with Crippen LogP contribution in [0.2, 0.25) is 0 Å². The molecule has 0 aliphatic heterocycles. The Morgan fingerprint density at radius 2 is 1.85 bits per heavy atom. The average molecular weight is 330 g/mol. The lowest BCUT2D eigenvalue weighted by atomic mass is 10.2. The average Bonchev–Trinajstić information content (AvgIpc) is 1.98. The van der Waals surface area contributed by atoms with E-state index >= 15 is 0 Å². The van der Waals surface area contributed by atoms with Crippen LogP contribution in [0.1, 0.15) is 5.56 Å². The lowest BCUT2D eigenvalue weighted by molar-refractivity contribution is 0.482. The van der Waals surface area contributed by atoms with Crippen LogP contribution in [-0.4, -0.2) is 13.0 Å². The van der Waals surface area contributed by atoms with Crippen LogP contribution in [0.5, 0.6) is 0 Å². The van der Waals surface area contributed by atoms with Crippen molar-refractivity contribution in [1.82, 2.24) is 0 Å². The summed E-state index contributed by atoms with van der Waals surface area (Å²) >= 11 is 6.34. The van der Waals surface area contributed by atoms with E-state index in [0.717, 1.165) is 10.0 Å². The molecule has 1 rings (SSSR count). The summed E-state index contributed by atoms with van der Waals surface area (Å²) < 4.78 is 31.6. The van der Waals surface area contributed by atoms with Crippen molar-refractivity contribution in [2.45, 2.75) is 11.8 Å². The van der Waals surface area contributed by atoms with E-state index in [1.807, 2.05) is 0 Å². The molecule has 0 amide bonds. The SMILES string of the molecule is Cc1c(Br)ccc(S(=O)(=O)O)c1Br. The van der Waals surface area contributed by atoms with Crippen LogP contribution >= 0.6 is 31.9 Å². The van der Waals surface area contributed by atoms with Crippen LogP contribution < -0.4 is 0 Å². The molecule has 0 aliphatic carbocycles. The maximum absolute atomic E-state index is 10.8. The van der Waals surface area contributed by atoms with Crippen molar-refractivity contribution in [2.75, 3.05) is 0 Å². The molecule has 0 unspecified atom stereocenters. The van der Waals surface area contributed by atoms with Crippen molar-refractivity contribution in [3.05, 3.63) is 26.6 Å². The lowest BCUT2D eigenvalue weighted by Crippen LogP contribution is -2.00. The van der Waals surface area contributed by atoms with E-state index in [-0.39, 0.29) is 4.90 Å². The van der Waals surface area contributed by atoms with Crippen LogP contribution in [-0.2, 0) is 10.1 Å². The second kappa shape index (κ2) is 3.68. The van der Waals surface area contributed by atoms with Gasteiger partial charge in [0.1, 0.15) is 4.90 Å². The lowest BCUT2D eigenvalue weighted by Gasteiger charge is -2.05. The van der Waals surface area contributed by atoms with E-state index in [2.05, 4.69) is 31.9 Å². The normalized spacial score (nSPS) is 11.7. The molecule has 0 radical (unpaired) electrons. The van der Waals surface area contributed by atoms with Gasteiger partial charge in [0.2, 0.25) is 0 Å². The molecule has 1 N–H and O–H groups in total. The van der Waals surface area contributed by atoms with E-state index in [1.165, 1.54) is 6.07 Å². The maximum Gasteiger partial charge on any atom is 0.295 e. The molecular formula is C7H6Br2O3S. The summed E-state index contributed by atoms with van der Waals surface area (Å²) in [6.45, 7) is 1.74. The summed E-state index contributed by atoms with van der Waals surface area (Å²) in [4.78, 5) is -0.117. The van der Waals surface area contributed by atoms with E-state index in [1.54, 1.807) is 13.0 Å². The van der Waals surface area contributed by atoms with Crippen LogP contribution in [0.4, 0.5) is 0 Å². The molecule has 0 bridgehead atoms. The van der Waals surface area contributed by atoms with E-state index in [0.29, 0.717) is 4.47 Å². The summed E-state index contributed by atoms with van der Waals surface area (Å²) in [6, 6.07) is 2.90. The van der Waals surface area contributed by atoms with Gasteiger partial charge in [-0.25, -0.2) is 0 Å². The molecule has 0 heterocycles. The fourth-order valence-electron chi connectivity index (χ4n) is 0.836. The molecule has 0 fully saturated rings. The Kier molecular flexibility index (Phi) is 3.16. The standard InChI is InChI=1S/C7H6Br2O3S/c1-4-5(8)2-3-6(7(4)9)13(10,11)12/h2-3H,1H3,(H,10,11,12). The topological polar surface area (TPSA) is 54.4 Å². The minimum atomic E-state index is -4.14. The molecule has 1 aromatic rings. The van der Waals surface area contributed by atoms with Gasteiger partial charge in [-0.15, -0.1) is 0 Å². The second-order valence-electron chi connectivity index (χ2n) is 2.46. The van der Waals surface area contributed by atoms with Crippen LogP contribution in [0.15, 0.2) is 26.0 Å². The Morgan fingerprint density at radius 3 is 2.31 bits per heavy atom. The maximum atomic E-state index is 10.8. The van der Waals surface area contributed by atoms with Crippen molar-refractivity contribution in [2.24, 2.45) is 0 Å². The monoisotopic (exact) mass is 328 g/mol. The van der Waals surface area contributed by atoms with Crippen LogP contribution in [0, 0.1) is 6.92 Å². The Bertz CT molecular complexity index is 439. The number of rotatable bonds is 1. The molecule has 13 heavy (non-hydrogen) atoms. The zero-order chi connectivity index (χ0) is 10.2.